The maximum absolute atomic E-state index is 5.71. The van der Waals surface area contributed by atoms with Gasteiger partial charge in [0.2, 0.25) is 0 Å². The molecule has 0 aliphatic carbocycles. The van der Waals surface area contributed by atoms with Gasteiger partial charge in [-0.1, -0.05) is 0 Å². The summed E-state index contributed by atoms with van der Waals surface area (Å²) in [5, 5.41) is 0. The van der Waals surface area contributed by atoms with E-state index in [9.17, 15) is 0 Å². The van der Waals surface area contributed by atoms with E-state index in [1.807, 2.05) is 18.2 Å². The van der Waals surface area contributed by atoms with E-state index in [1.54, 1.807) is 12.5 Å². The second-order valence-corrected chi connectivity index (χ2v) is 3.38. The number of hydrogen-bond acceptors (Lipinski definition) is 3. The number of rotatable bonds is 1. The SMILES string of the molecule is Nc1nccc(Br)c1-c1ccco1. The van der Waals surface area contributed by atoms with Crippen LogP contribution in [0.25, 0.3) is 11.3 Å². The van der Waals surface area contributed by atoms with Crippen molar-refractivity contribution in [2.75, 3.05) is 5.73 Å². The van der Waals surface area contributed by atoms with E-state index < -0.39 is 0 Å². The standard InChI is InChI=1S/C9H7BrN2O/c10-6-3-4-12-9(11)8(6)7-2-1-5-13-7/h1-5H,(H2,11,12). The number of halogens is 1. The molecule has 2 aromatic rings. The Morgan fingerprint density at radius 1 is 1.38 bits per heavy atom. The first kappa shape index (κ1) is 8.31. The second kappa shape index (κ2) is 3.22. The van der Waals surface area contributed by atoms with Gasteiger partial charge in [0.1, 0.15) is 11.6 Å². The topological polar surface area (TPSA) is 52.0 Å². The number of furan rings is 1. The van der Waals surface area contributed by atoms with Gasteiger partial charge in [0, 0.05) is 10.7 Å². The maximum Gasteiger partial charge on any atom is 0.138 e. The molecular weight excluding hydrogens is 232 g/mol. The first-order chi connectivity index (χ1) is 6.29. The molecule has 0 unspecified atom stereocenters. The fourth-order valence-electron chi connectivity index (χ4n) is 1.12. The molecule has 0 fully saturated rings. The van der Waals surface area contributed by atoms with Crippen molar-refractivity contribution >= 4 is 21.7 Å². The smallest absolute Gasteiger partial charge is 0.138 e. The van der Waals surface area contributed by atoms with Gasteiger partial charge in [-0.15, -0.1) is 0 Å². The van der Waals surface area contributed by atoms with Gasteiger partial charge < -0.3 is 10.2 Å². The summed E-state index contributed by atoms with van der Waals surface area (Å²) in [6.45, 7) is 0. The highest BCUT2D eigenvalue weighted by atomic mass is 79.9. The number of hydrogen-bond donors (Lipinski definition) is 1. The van der Waals surface area contributed by atoms with Gasteiger partial charge in [0.15, 0.2) is 0 Å². The molecule has 2 aromatic heterocycles. The summed E-state index contributed by atoms with van der Waals surface area (Å²) in [4.78, 5) is 3.98. The summed E-state index contributed by atoms with van der Waals surface area (Å²) in [5.41, 5.74) is 6.51. The Kier molecular flexibility index (Phi) is 2.06. The lowest BCUT2D eigenvalue weighted by atomic mass is 10.2. The molecule has 0 aliphatic rings. The van der Waals surface area contributed by atoms with Gasteiger partial charge >= 0.3 is 0 Å². The molecule has 0 bridgehead atoms. The Morgan fingerprint density at radius 3 is 2.85 bits per heavy atom. The van der Waals surface area contributed by atoms with Crippen LogP contribution in [-0.4, -0.2) is 4.98 Å². The Morgan fingerprint density at radius 2 is 2.23 bits per heavy atom. The molecule has 0 amide bonds. The predicted octanol–water partition coefficient (Wildman–Crippen LogP) is 2.69. The molecule has 2 heterocycles. The van der Waals surface area contributed by atoms with Crippen molar-refractivity contribution in [1.82, 2.24) is 4.98 Å². The molecule has 0 spiro atoms. The van der Waals surface area contributed by atoms with E-state index in [2.05, 4.69) is 20.9 Å². The zero-order valence-electron chi connectivity index (χ0n) is 6.70. The fraction of sp³-hybridized carbons (Fsp3) is 0. The number of pyridine rings is 1. The van der Waals surface area contributed by atoms with Crippen molar-refractivity contribution in [3.8, 4) is 11.3 Å². The minimum Gasteiger partial charge on any atom is -0.464 e. The molecule has 66 valence electrons. The number of nitrogens with zero attached hydrogens (tertiary/aromatic N) is 1. The van der Waals surface area contributed by atoms with E-state index in [0.29, 0.717) is 5.82 Å². The summed E-state index contributed by atoms with van der Waals surface area (Å²) in [7, 11) is 0. The van der Waals surface area contributed by atoms with E-state index >= 15 is 0 Å². The molecule has 4 heteroatoms. The minimum atomic E-state index is 0.462. The van der Waals surface area contributed by atoms with Crippen molar-refractivity contribution in [3.63, 3.8) is 0 Å². The van der Waals surface area contributed by atoms with Crippen molar-refractivity contribution in [2.45, 2.75) is 0 Å². The van der Waals surface area contributed by atoms with Crippen LogP contribution in [0.4, 0.5) is 5.82 Å². The Hall–Kier alpha value is -1.29. The summed E-state index contributed by atoms with van der Waals surface area (Å²) in [6, 6.07) is 5.49. The van der Waals surface area contributed by atoms with Gasteiger partial charge in [-0.3, -0.25) is 0 Å². The molecule has 3 nitrogen and oxygen atoms in total. The van der Waals surface area contributed by atoms with Gasteiger partial charge in [-0.05, 0) is 34.1 Å². The van der Waals surface area contributed by atoms with Crippen LogP contribution in [0.1, 0.15) is 0 Å². The van der Waals surface area contributed by atoms with E-state index in [4.69, 9.17) is 10.2 Å². The third-order valence-electron chi connectivity index (χ3n) is 1.70. The third kappa shape index (κ3) is 1.45. The van der Waals surface area contributed by atoms with Gasteiger partial charge in [-0.25, -0.2) is 4.98 Å². The average Bonchev–Trinajstić information content (AvgIpc) is 2.57. The molecule has 0 aliphatic heterocycles. The van der Waals surface area contributed by atoms with E-state index in [-0.39, 0.29) is 0 Å². The largest absolute Gasteiger partial charge is 0.464 e. The fourth-order valence-corrected chi connectivity index (χ4v) is 1.63. The Labute approximate surface area is 83.7 Å². The van der Waals surface area contributed by atoms with Crippen molar-refractivity contribution in [1.29, 1.82) is 0 Å². The highest BCUT2D eigenvalue weighted by Crippen LogP contribution is 2.31. The first-order valence-electron chi connectivity index (χ1n) is 3.73. The lowest BCUT2D eigenvalue weighted by molar-refractivity contribution is 0.582. The van der Waals surface area contributed by atoms with Gasteiger partial charge in [-0.2, -0.15) is 0 Å². The number of nitrogens with two attached hydrogens (primary N) is 1. The van der Waals surface area contributed by atoms with Crippen LogP contribution >= 0.6 is 15.9 Å². The highest BCUT2D eigenvalue weighted by molar-refractivity contribution is 9.10. The number of nitrogen functional groups attached to an aromatic ring is 1. The predicted molar refractivity (Wildman–Crippen MR) is 54.1 cm³/mol. The van der Waals surface area contributed by atoms with Crippen LogP contribution in [0.2, 0.25) is 0 Å². The summed E-state index contributed by atoms with van der Waals surface area (Å²) < 4.78 is 6.12. The lowest BCUT2D eigenvalue weighted by Gasteiger charge is -2.02. The minimum absolute atomic E-state index is 0.462. The lowest BCUT2D eigenvalue weighted by Crippen LogP contribution is -1.93. The summed E-state index contributed by atoms with van der Waals surface area (Å²) >= 11 is 3.39. The number of anilines is 1. The maximum atomic E-state index is 5.71. The number of aromatic nitrogens is 1. The second-order valence-electron chi connectivity index (χ2n) is 2.53. The Bertz CT molecular complexity index is 391. The quantitative estimate of drug-likeness (QED) is 0.832. The van der Waals surface area contributed by atoms with Gasteiger partial charge in [0.25, 0.3) is 0 Å². The zero-order chi connectivity index (χ0) is 9.26. The molecule has 0 saturated carbocycles. The summed E-state index contributed by atoms with van der Waals surface area (Å²) in [5.74, 6) is 1.18. The van der Waals surface area contributed by atoms with Crippen LogP contribution in [0.3, 0.4) is 0 Å². The first-order valence-corrected chi connectivity index (χ1v) is 4.52. The normalized spacial score (nSPS) is 10.2. The molecular formula is C9H7BrN2O. The van der Waals surface area contributed by atoms with Crippen LogP contribution in [0, 0.1) is 0 Å². The monoisotopic (exact) mass is 238 g/mol. The van der Waals surface area contributed by atoms with Crippen LogP contribution in [-0.2, 0) is 0 Å². The molecule has 0 radical (unpaired) electrons. The van der Waals surface area contributed by atoms with Crippen molar-refractivity contribution in [3.05, 3.63) is 35.1 Å². The highest BCUT2D eigenvalue weighted by Gasteiger charge is 2.09. The molecule has 0 aromatic carbocycles. The zero-order valence-corrected chi connectivity index (χ0v) is 8.28. The van der Waals surface area contributed by atoms with Crippen molar-refractivity contribution < 1.29 is 4.42 Å². The van der Waals surface area contributed by atoms with E-state index in [0.717, 1.165) is 15.8 Å². The third-order valence-corrected chi connectivity index (χ3v) is 2.36. The molecule has 2 N–H and O–H groups in total. The molecule has 13 heavy (non-hydrogen) atoms. The average molecular weight is 239 g/mol. The van der Waals surface area contributed by atoms with Crippen LogP contribution in [0.5, 0.6) is 0 Å². The van der Waals surface area contributed by atoms with Crippen molar-refractivity contribution in [2.24, 2.45) is 0 Å². The summed E-state index contributed by atoms with van der Waals surface area (Å²) in [6.07, 6.45) is 3.25. The molecule has 2 rings (SSSR count). The molecule has 0 atom stereocenters. The van der Waals surface area contributed by atoms with Gasteiger partial charge in [0.05, 0.1) is 11.8 Å². The molecule has 0 saturated heterocycles. The van der Waals surface area contributed by atoms with Crippen LogP contribution < -0.4 is 5.73 Å². The Balaban J connectivity index is 2.64. The van der Waals surface area contributed by atoms with E-state index in [1.165, 1.54) is 0 Å². The van der Waals surface area contributed by atoms with Crippen LogP contribution in [0.15, 0.2) is 39.5 Å².